The van der Waals surface area contributed by atoms with Gasteiger partial charge in [0.15, 0.2) is 0 Å². The molecular formula is C12H25N3O3. The van der Waals surface area contributed by atoms with E-state index in [9.17, 15) is 9.90 Å². The number of hydrogen-bond acceptors (Lipinski definition) is 5. The van der Waals surface area contributed by atoms with E-state index in [-0.39, 0.29) is 24.4 Å². The number of aliphatic hydroxyl groups is 1. The van der Waals surface area contributed by atoms with Crippen LogP contribution in [-0.4, -0.2) is 75.0 Å². The van der Waals surface area contributed by atoms with Gasteiger partial charge in [-0.2, -0.15) is 0 Å². The maximum atomic E-state index is 12.0. The van der Waals surface area contributed by atoms with Crippen LogP contribution in [0.15, 0.2) is 0 Å². The van der Waals surface area contributed by atoms with Crippen molar-refractivity contribution in [1.82, 2.24) is 15.5 Å². The zero-order valence-corrected chi connectivity index (χ0v) is 11.7. The van der Waals surface area contributed by atoms with E-state index in [1.807, 2.05) is 26.0 Å². The minimum atomic E-state index is -0.923. The van der Waals surface area contributed by atoms with Crippen LogP contribution in [0.4, 0.5) is 0 Å². The summed E-state index contributed by atoms with van der Waals surface area (Å²) in [5, 5.41) is 16.0. The normalized spacial score (nSPS) is 27.2. The number of ether oxygens (including phenoxy) is 1. The molecule has 106 valence electrons. The molecule has 0 bridgehead atoms. The van der Waals surface area contributed by atoms with E-state index >= 15 is 0 Å². The van der Waals surface area contributed by atoms with Crippen molar-refractivity contribution in [1.29, 1.82) is 0 Å². The second-order valence-corrected chi connectivity index (χ2v) is 5.49. The molecule has 0 aromatic carbocycles. The molecule has 1 aliphatic rings. The fourth-order valence-electron chi connectivity index (χ4n) is 2.24. The summed E-state index contributed by atoms with van der Waals surface area (Å²) in [5.41, 5.74) is -0.923. The average molecular weight is 259 g/mol. The highest BCUT2D eigenvalue weighted by atomic mass is 16.5. The van der Waals surface area contributed by atoms with E-state index in [4.69, 9.17) is 4.74 Å². The van der Waals surface area contributed by atoms with Gasteiger partial charge >= 0.3 is 0 Å². The number of hydrogen-bond donors (Lipinski definition) is 3. The lowest BCUT2D eigenvalue weighted by atomic mass is 10.0. The molecule has 6 heteroatoms. The predicted octanol–water partition coefficient (Wildman–Crippen LogP) is -1.35. The molecule has 3 N–H and O–H groups in total. The summed E-state index contributed by atoms with van der Waals surface area (Å²) >= 11 is 0. The Hall–Kier alpha value is -0.690. The Morgan fingerprint density at radius 2 is 2.17 bits per heavy atom. The van der Waals surface area contributed by atoms with E-state index in [0.29, 0.717) is 19.8 Å². The third-order valence-corrected chi connectivity index (χ3v) is 3.09. The quantitative estimate of drug-likeness (QED) is 0.550. The Morgan fingerprint density at radius 3 is 2.72 bits per heavy atom. The van der Waals surface area contributed by atoms with Gasteiger partial charge in [0.1, 0.15) is 0 Å². The fraction of sp³-hybridized carbons (Fsp3) is 0.917. The lowest BCUT2D eigenvalue weighted by molar-refractivity contribution is -0.126. The summed E-state index contributed by atoms with van der Waals surface area (Å²) in [7, 11) is 5.60. The second kappa shape index (κ2) is 6.47. The predicted molar refractivity (Wildman–Crippen MR) is 69.3 cm³/mol. The van der Waals surface area contributed by atoms with Crippen LogP contribution in [0, 0.1) is 5.92 Å². The summed E-state index contributed by atoms with van der Waals surface area (Å²) < 4.78 is 5.28. The van der Waals surface area contributed by atoms with Crippen molar-refractivity contribution in [2.45, 2.75) is 18.6 Å². The summed E-state index contributed by atoms with van der Waals surface area (Å²) in [6.45, 7) is 3.46. The molecule has 6 nitrogen and oxygen atoms in total. The number of rotatable bonds is 6. The highest BCUT2D eigenvalue weighted by Gasteiger charge is 2.33. The van der Waals surface area contributed by atoms with E-state index < -0.39 is 5.60 Å². The summed E-state index contributed by atoms with van der Waals surface area (Å²) in [5.74, 6) is -0.240. The molecular weight excluding hydrogens is 234 g/mol. The topological polar surface area (TPSA) is 73.8 Å². The highest BCUT2D eigenvalue weighted by Crippen LogP contribution is 2.13. The lowest BCUT2D eigenvalue weighted by Gasteiger charge is -2.28. The first-order valence-electron chi connectivity index (χ1n) is 6.25. The van der Waals surface area contributed by atoms with Gasteiger partial charge in [-0.1, -0.05) is 0 Å². The minimum Gasteiger partial charge on any atom is -0.387 e. The zero-order chi connectivity index (χ0) is 13.8. The van der Waals surface area contributed by atoms with E-state index in [0.717, 1.165) is 0 Å². The van der Waals surface area contributed by atoms with Crippen LogP contribution in [0.1, 0.15) is 6.92 Å². The zero-order valence-electron chi connectivity index (χ0n) is 11.7. The molecule has 1 rings (SSSR count). The Kier molecular flexibility index (Phi) is 5.52. The Labute approximate surface area is 109 Å². The molecule has 1 amide bonds. The molecule has 0 saturated carbocycles. The smallest absolute Gasteiger partial charge is 0.227 e. The maximum Gasteiger partial charge on any atom is 0.227 e. The van der Waals surface area contributed by atoms with Gasteiger partial charge in [-0.05, 0) is 28.1 Å². The lowest BCUT2D eigenvalue weighted by Crippen LogP contribution is -2.50. The van der Waals surface area contributed by atoms with E-state index in [1.165, 1.54) is 0 Å². The van der Waals surface area contributed by atoms with Gasteiger partial charge in [-0.25, -0.2) is 0 Å². The summed E-state index contributed by atoms with van der Waals surface area (Å²) in [4.78, 5) is 13.9. The van der Waals surface area contributed by atoms with Crippen LogP contribution in [0.5, 0.6) is 0 Å². The fourth-order valence-corrected chi connectivity index (χ4v) is 2.24. The third kappa shape index (κ3) is 4.53. The molecule has 0 aromatic rings. The number of likely N-dealkylation sites (N-methyl/N-ethyl adjacent to an activating group) is 2. The number of carbonyl (C=O) groups is 1. The first-order valence-corrected chi connectivity index (χ1v) is 6.25. The van der Waals surface area contributed by atoms with Crippen LogP contribution < -0.4 is 10.6 Å². The number of carbonyl (C=O) groups excluding carboxylic acids is 1. The number of nitrogens with zero attached hydrogens (tertiary/aromatic N) is 1. The first-order chi connectivity index (χ1) is 8.35. The molecule has 3 atom stereocenters. The standard InChI is InChI=1S/C12H25N3O3/c1-12(17,8-15(3)4)7-14-11(16)9-5-18-6-10(9)13-2/h9-10,13,17H,5-8H2,1-4H3,(H,14,16). The summed E-state index contributed by atoms with van der Waals surface area (Å²) in [6.07, 6.45) is 0. The highest BCUT2D eigenvalue weighted by molar-refractivity contribution is 5.79. The minimum absolute atomic E-state index is 0.0591. The monoisotopic (exact) mass is 259 g/mol. The van der Waals surface area contributed by atoms with Crippen molar-refractivity contribution in [3.63, 3.8) is 0 Å². The van der Waals surface area contributed by atoms with Crippen LogP contribution in [0.25, 0.3) is 0 Å². The van der Waals surface area contributed by atoms with Crippen molar-refractivity contribution < 1.29 is 14.6 Å². The van der Waals surface area contributed by atoms with Gasteiger partial charge in [0.2, 0.25) is 5.91 Å². The second-order valence-electron chi connectivity index (χ2n) is 5.49. The van der Waals surface area contributed by atoms with Gasteiger partial charge < -0.3 is 25.4 Å². The first kappa shape index (κ1) is 15.4. The van der Waals surface area contributed by atoms with Crippen molar-refractivity contribution in [2.75, 3.05) is 47.4 Å². The van der Waals surface area contributed by atoms with Crippen LogP contribution in [-0.2, 0) is 9.53 Å². The molecule has 0 radical (unpaired) electrons. The molecule has 3 unspecified atom stereocenters. The third-order valence-electron chi connectivity index (χ3n) is 3.09. The SMILES string of the molecule is CNC1COCC1C(=O)NCC(C)(O)CN(C)C. The van der Waals surface area contributed by atoms with Crippen LogP contribution in [0.3, 0.4) is 0 Å². The average Bonchev–Trinajstić information content (AvgIpc) is 2.72. The van der Waals surface area contributed by atoms with E-state index in [2.05, 4.69) is 10.6 Å². The molecule has 1 aliphatic heterocycles. The number of nitrogens with one attached hydrogen (secondary N) is 2. The molecule has 1 heterocycles. The van der Waals surface area contributed by atoms with Gasteiger partial charge in [0.25, 0.3) is 0 Å². The van der Waals surface area contributed by atoms with E-state index in [1.54, 1.807) is 6.92 Å². The van der Waals surface area contributed by atoms with Gasteiger partial charge in [0, 0.05) is 19.1 Å². The summed E-state index contributed by atoms with van der Waals surface area (Å²) in [6, 6.07) is 0.0591. The van der Waals surface area contributed by atoms with Crippen LogP contribution >= 0.6 is 0 Å². The van der Waals surface area contributed by atoms with Crippen molar-refractivity contribution in [2.24, 2.45) is 5.92 Å². The molecule has 1 saturated heterocycles. The molecule has 1 fully saturated rings. The molecule has 18 heavy (non-hydrogen) atoms. The van der Waals surface area contributed by atoms with Gasteiger partial charge in [0.05, 0.1) is 24.7 Å². The largest absolute Gasteiger partial charge is 0.387 e. The van der Waals surface area contributed by atoms with Gasteiger partial charge in [-0.3, -0.25) is 4.79 Å². The molecule has 0 aliphatic carbocycles. The van der Waals surface area contributed by atoms with Gasteiger partial charge in [-0.15, -0.1) is 0 Å². The van der Waals surface area contributed by atoms with Crippen molar-refractivity contribution in [3.05, 3.63) is 0 Å². The van der Waals surface area contributed by atoms with Crippen molar-refractivity contribution in [3.8, 4) is 0 Å². The van der Waals surface area contributed by atoms with Crippen LogP contribution in [0.2, 0.25) is 0 Å². The molecule has 0 aromatic heterocycles. The Bertz CT molecular complexity index is 282. The Morgan fingerprint density at radius 1 is 1.50 bits per heavy atom. The molecule has 0 spiro atoms. The van der Waals surface area contributed by atoms with Crippen molar-refractivity contribution >= 4 is 5.91 Å². The Balaban J connectivity index is 2.41. The number of amides is 1. The maximum absolute atomic E-state index is 12.0.